The lowest BCUT2D eigenvalue weighted by molar-refractivity contribution is -0.251. The Hall–Kier alpha value is -0.750. The molecule has 0 aromatic heterocycles. The SMILES string of the molecule is CC(=O)O[C@H]1CC[C@]2(C)[C@H]3CC[C@@H]4[C@H]5[C@H](C6(C)CC6)CC[C@]5(C(=O)N5CCC[C@H]5CN5CCSCC5)CC[C@@]4(C)[C@]3(C)CC[C@H]2C1(C)C. The topological polar surface area (TPSA) is 49.9 Å². The van der Waals surface area contributed by atoms with Crippen molar-refractivity contribution >= 4 is 23.6 Å². The molecule has 5 nitrogen and oxygen atoms in total. The summed E-state index contributed by atoms with van der Waals surface area (Å²) in [6, 6.07) is 0.424. The lowest BCUT2D eigenvalue weighted by atomic mass is 9.32. The number of nitrogens with zero attached hydrogens (tertiary/aromatic N) is 2. The van der Waals surface area contributed by atoms with Crippen LogP contribution in [-0.4, -0.2) is 71.5 Å². The van der Waals surface area contributed by atoms with Crippen molar-refractivity contribution in [2.24, 2.45) is 62.1 Å². The normalized spacial score (nSPS) is 49.3. The van der Waals surface area contributed by atoms with Gasteiger partial charge in [-0.05, 0) is 141 Å². The first kappa shape index (κ1) is 34.3. The molecule has 8 fully saturated rings. The second kappa shape index (κ2) is 11.6. The summed E-state index contributed by atoms with van der Waals surface area (Å²) in [7, 11) is 0. The van der Waals surface area contributed by atoms with Crippen LogP contribution in [0.3, 0.4) is 0 Å². The maximum absolute atomic E-state index is 15.4. The van der Waals surface area contributed by atoms with E-state index in [1.807, 2.05) is 0 Å². The Bertz CT molecular complexity index is 1290. The average Bonchev–Trinajstić information content (AvgIpc) is 3.42. The molecule has 8 aliphatic rings. The number of rotatable bonds is 5. The molecule has 0 radical (unpaired) electrons. The molecule has 1 amide bonds. The van der Waals surface area contributed by atoms with Crippen molar-refractivity contribution in [2.75, 3.05) is 37.7 Å². The molecule has 0 aromatic rings. The van der Waals surface area contributed by atoms with Gasteiger partial charge < -0.3 is 9.64 Å². The van der Waals surface area contributed by atoms with Crippen LogP contribution >= 0.6 is 11.8 Å². The van der Waals surface area contributed by atoms with Gasteiger partial charge in [-0.3, -0.25) is 14.5 Å². The zero-order valence-electron chi connectivity index (χ0n) is 31.7. The van der Waals surface area contributed by atoms with Crippen LogP contribution in [0.1, 0.15) is 138 Å². The van der Waals surface area contributed by atoms with E-state index < -0.39 is 0 Å². The molecule has 0 spiro atoms. The van der Waals surface area contributed by atoms with Crippen molar-refractivity contribution < 1.29 is 14.3 Å². The highest BCUT2D eigenvalue weighted by atomic mass is 32.2. The van der Waals surface area contributed by atoms with Crippen LogP contribution in [0.15, 0.2) is 0 Å². The third-order valence-corrected chi connectivity index (χ3v) is 19.2. The summed E-state index contributed by atoms with van der Waals surface area (Å²) in [5.41, 5.74) is 1.18. The van der Waals surface area contributed by atoms with E-state index in [2.05, 4.69) is 63.1 Å². The van der Waals surface area contributed by atoms with Crippen LogP contribution in [0.4, 0.5) is 0 Å². The molecular weight excluding hydrogens is 613 g/mol. The summed E-state index contributed by atoms with van der Waals surface area (Å²) in [6.07, 6.45) is 17.3. The van der Waals surface area contributed by atoms with E-state index in [0.717, 1.165) is 38.3 Å². The molecule has 11 atom stereocenters. The van der Waals surface area contributed by atoms with Gasteiger partial charge >= 0.3 is 5.97 Å². The van der Waals surface area contributed by atoms with Gasteiger partial charge in [0.15, 0.2) is 0 Å². The number of thioether (sulfide) groups is 1. The molecule has 0 N–H and O–H groups in total. The summed E-state index contributed by atoms with van der Waals surface area (Å²) in [5, 5.41) is 0. The Labute approximate surface area is 297 Å². The molecule has 8 rings (SSSR count). The van der Waals surface area contributed by atoms with E-state index in [1.54, 1.807) is 6.92 Å². The highest BCUT2D eigenvalue weighted by Crippen LogP contribution is 2.79. The van der Waals surface area contributed by atoms with Gasteiger partial charge in [-0.2, -0.15) is 11.8 Å². The van der Waals surface area contributed by atoms with Crippen LogP contribution < -0.4 is 0 Å². The number of likely N-dealkylation sites (tertiary alicyclic amines) is 1. The fourth-order valence-electron chi connectivity index (χ4n) is 15.4. The Morgan fingerprint density at radius 2 is 1.48 bits per heavy atom. The molecule has 6 heteroatoms. The van der Waals surface area contributed by atoms with E-state index in [-0.39, 0.29) is 33.7 Å². The number of hydrogen-bond acceptors (Lipinski definition) is 5. The van der Waals surface area contributed by atoms with Gasteiger partial charge in [0, 0.05) is 56.1 Å². The van der Waals surface area contributed by atoms with Crippen molar-refractivity contribution in [1.29, 1.82) is 0 Å². The summed E-state index contributed by atoms with van der Waals surface area (Å²) in [4.78, 5) is 32.6. The van der Waals surface area contributed by atoms with E-state index in [9.17, 15) is 4.79 Å². The second-order valence-electron chi connectivity index (χ2n) is 20.3. The minimum Gasteiger partial charge on any atom is -0.462 e. The molecule has 6 aliphatic carbocycles. The molecule has 0 aromatic carbocycles. The van der Waals surface area contributed by atoms with Gasteiger partial charge in [-0.1, -0.05) is 41.5 Å². The summed E-state index contributed by atoms with van der Waals surface area (Å²) in [6.45, 7) is 21.6. The number of fused-ring (bicyclic) bond motifs is 7. The van der Waals surface area contributed by atoms with Gasteiger partial charge in [0.2, 0.25) is 5.91 Å². The molecular formula is C42H68N2O3S. The lowest BCUT2D eigenvalue weighted by Crippen LogP contribution is -2.68. The first-order chi connectivity index (χ1) is 22.7. The smallest absolute Gasteiger partial charge is 0.302 e. The predicted molar refractivity (Wildman–Crippen MR) is 196 cm³/mol. The summed E-state index contributed by atoms with van der Waals surface area (Å²) >= 11 is 2.09. The first-order valence-corrected chi connectivity index (χ1v) is 21.6. The van der Waals surface area contributed by atoms with E-state index in [1.165, 1.54) is 95.2 Å². The van der Waals surface area contributed by atoms with Crippen molar-refractivity contribution in [3.05, 3.63) is 0 Å². The zero-order chi connectivity index (χ0) is 33.9. The minimum atomic E-state index is -0.130. The number of ether oxygens (including phenoxy) is 1. The van der Waals surface area contributed by atoms with Crippen molar-refractivity contribution in [3.63, 3.8) is 0 Å². The monoisotopic (exact) mass is 680 g/mol. The van der Waals surface area contributed by atoms with Crippen molar-refractivity contribution in [1.82, 2.24) is 9.80 Å². The Kier molecular flexibility index (Phi) is 8.32. The minimum absolute atomic E-state index is 0.00229. The van der Waals surface area contributed by atoms with Gasteiger partial charge in [-0.15, -0.1) is 0 Å². The third-order valence-electron chi connectivity index (χ3n) is 18.3. The maximum Gasteiger partial charge on any atom is 0.302 e. The Morgan fingerprint density at radius 3 is 2.19 bits per heavy atom. The molecule has 2 aliphatic heterocycles. The fraction of sp³-hybridized carbons (Fsp3) is 0.952. The molecule has 2 saturated heterocycles. The van der Waals surface area contributed by atoms with E-state index in [0.29, 0.717) is 46.5 Å². The van der Waals surface area contributed by atoms with Gasteiger partial charge in [-0.25, -0.2) is 0 Å². The summed E-state index contributed by atoms with van der Waals surface area (Å²) in [5.74, 6) is 6.20. The average molecular weight is 681 g/mol. The highest BCUT2D eigenvalue weighted by Gasteiger charge is 2.74. The first-order valence-electron chi connectivity index (χ1n) is 20.5. The molecule has 6 saturated carbocycles. The number of amides is 1. The lowest BCUT2D eigenvalue weighted by Gasteiger charge is -2.73. The quantitative estimate of drug-likeness (QED) is 0.272. The molecule has 48 heavy (non-hydrogen) atoms. The largest absolute Gasteiger partial charge is 0.462 e. The third kappa shape index (κ3) is 4.84. The predicted octanol–water partition coefficient (Wildman–Crippen LogP) is 8.84. The number of hydrogen-bond donors (Lipinski definition) is 0. The van der Waals surface area contributed by atoms with Crippen LogP contribution in [0.5, 0.6) is 0 Å². The number of carbonyl (C=O) groups is 2. The van der Waals surface area contributed by atoms with Gasteiger partial charge in [0.1, 0.15) is 6.10 Å². The van der Waals surface area contributed by atoms with Crippen LogP contribution in [0.2, 0.25) is 0 Å². The van der Waals surface area contributed by atoms with Crippen molar-refractivity contribution in [2.45, 2.75) is 151 Å². The molecule has 0 unspecified atom stereocenters. The standard InChI is InChI=1S/C42H68N2O3S/c1-28(45)47-34-14-15-39(5)32(37(34,2)3)13-16-41(7)33(39)11-10-31-35-30(38(4)18-19-38)12-17-42(35,21-20-40(31,41)6)36(46)44-22-8-9-29(44)27-43-23-25-48-26-24-43/h29-35H,8-27H2,1-7H3/t29-,30+,31+,32-,33+,34-,35+,39-,40+,41+,42-/m0/s1. The molecule has 0 bridgehead atoms. The number of esters is 1. The fourth-order valence-corrected chi connectivity index (χ4v) is 16.3. The van der Waals surface area contributed by atoms with Crippen LogP contribution in [0.25, 0.3) is 0 Å². The van der Waals surface area contributed by atoms with E-state index >= 15 is 4.79 Å². The highest BCUT2D eigenvalue weighted by molar-refractivity contribution is 7.99. The second-order valence-corrected chi connectivity index (χ2v) is 21.5. The Balaban J connectivity index is 1.10. The molecule has 2 heterocycles. The van der Waals surface area contributed by atoms with Crippen LogP contribution in [-0.2, 0) is 14.3 Å². The zero-order valence-corrected chi connectivity index (χ0v) is 32.5. The van der Waals surface area contributed by atoms with Gasteiger partial charge in [0.05, 0.1) is 5.41 Å². The van der Waals surface area contributed by atoms with E-state index in [4.69, 9.17) is 4.74 Å². The molecule has 270 valence electrons. The number of carbonyl (C=O) groups excluding carboxylic acids is 2. The Morgan fingerprint density at radius 1 is 0.729 bits per heavy atom. The van der Waals surface area contributed by atoms with Crippen molar-refractivity contribution in [3.8, 4) is 0 Å². The van der Waals surface area contributed by atoms with Gasteiger partial charge in [0.25, 0.3) is 0 Å². The van der Waals surface area contributed by atoms with Crippen LogP contribution in [0, 0.1) is 62.1 Å². The maximum atomic E-state index is 15.4. The summed E-state index contributed by atoms with van der Waals surface area (Å²) < 4.78 is 6.01.